The van der Waals surface area contributed by atoms with Gasteiger partial charge in [0.05, 0.1) is 6.54 Å². The van der Waals surface area contributed by atoms with Gasteiger partial charge in [-0.15, -0.1) is 0 Å². The first kappa shape index (κ1) is 15.4. The summed E-state index contributed by atoms with van der Waals surface area (Å²) in [5, 5.41) is 7.26. The van der Waals surface area contributed by atoms with Crippen LogP contribution in [0.5, 0.6) is 0 Å². The largest absolute Gasteiger partial charge is 0.356 e. The average Bonchev–Trinajstić information content (AvgIpc) is 2.87. The predicted octanol–water partition coefficient (Wildman–Crippen LogP) is 0.0843. The molecule has 7 nitrogen and oxygen atoms in total. The number of nitrogens with zero attached hydrogens (tertiary/aromatic N) is 5. The monoisotopic (exact) mass is 306 g/mol. The van der Waals surface area contributed by atoms with Crippen molar-refractivity contribution < 1.29 is 4.79 Å². The highest BCUT2D eigenvalue weighted by Crippen LogP contribution is 2.30. The van der Waals surface area contributed by atoms with Crippen molar-refractivity contribution in [2.75, 3.05) is 33.2 Å². The lowest BCUT2D eigenvalue weighted by molar-refractivity contribution is -0.121. The van der Waals surface area contributed by atoms with Gasteiger partial charge in [-0.3, -0.25) is 14.6 Å². The topological polar surface area (TPSA) is 66.3 Å². The Morgan fingerprint density at radius 1 is 1.36 bits per heavy atom. The van der Waals surface area contributed by atoms with Crippen LogP contribution in [0.3, 0.4) is 0 Å². The van der Waals surface area contributed by atoms with Crippen LogP contribution in [0.4, 0.5) is 0 Å². The van der Waals surface area contributed by atoms with Gasteiger partial charge in [0.25, 0.3) is 0 Å². The van der Waals surface area contributed by atoms with Crippen LogP contribution in [0.15, 0.2) is 6.33 Å². The molecule has 0 unspecified atom stereocenters. The summed E-state index contributed by atoms with van der Waals surface area (Å²) in [4.78, 5) is 21.0. The van der Waals surface area contributed by atoms with E-state index in [1.54, 1.807) is 6.33 Å². The van der Waals surface area contributed by atoms with E-state index >= 15 is 0 Å². The lowest BCUT2D eigenvalue weighted by Gasteiger charge is -2.49. The molecule has 2 fully saturated rings. The van der Waals surface area contributed by atoms with Crippen molar-refractivity contribution in [2.45, 2.75) is 44.8 Å². The highest BCUT2D eigenvalue weighted by atomic mass is 16.1. The Morgan fingerprint density at radius 2 is 2.23 bits per heavy atom. The Balaban J connectivity index is 1.71. The molecule has 1 aromatic rings. The minimum atomic E-state index is 0.106. The third-order valence-electron chi connectivity index (χ3n) is 5.17. The molecule has 2 aliphatic rings. The summed E-state index contributed by atoms with van der Waals surface area (Å²) in [6.45, 7) is 7.63. The van der Waals surface area contributed by atoms with Crippen molar-refractivity contribution in [3.8, 4) is 0 Å². The lowest BCUT2D eigenvalue weighted by atomic mass is 9.86. The number of nitrogens with one attached hydrogen (secondary N) is 1. The maximum atomic E-state index is 11.7. The summed E-state index contributed by atoms with van der Waals surface area (Å²) in [6, 6.07) is 0. The van der Waals surface area contributed by atoms with E-state index in [1.165, 1.54) is 0 Å². The van der Waals surface area contributed by atoms with Crippen LogP contribution in [0, 0.1) is 0 Å². The maximum Gasteiger partial charge on any atom is 0.220 e. The molecule has 3 heterocycles. The number of hydrogen-bond donors (Lipinski definition) is 1. The van der Waals surface area contributed by atoms with E-state index in [4.69, 9.17) is 0 Å². The highest BCUT2D eigenvalue weighted by molar-refractivity contribution is 5.76. The van der Waals surface area contributed by atoms with Gasteiger partial charge in [0.15, 0.2) is 0 Å². The average molecular weight is 306 g/mol. The molecule has 1 aromatic heterocycles. The SMILES string of the molecule is CCn1ncnc1CN1CCN(C)[C@]2(CCNC(=O)CC2)C1. The molecule has 7 heteroatoms. The summed E-state index contributed by atoms with van der Waals surface area (Å²) < 4.78 is 1.96. The normalized spacial score (nSPS) is 27.8. The minimum absolute atomic E-state index is 0.106. The quantitative estimate of drug-likeness (QED) is 0.857. The van der Waals surface area contributed by atoms with Crippen LogP contribution >= 0.6 is 0 Å². The summed E-state index contributed by atoms with van der Waals surface area (Å²) in [7, 11) is 2.20. The van der Waals surface area contributed by atoms with Gasteiger partial charge in [0.1, 0.15) is 12.2 Å². The Bertz CT molecular complexity index is 530. The second-order valence-electron chi connectivity index (χ2n) is 6.45. The second-order valence-corrected chi connectivity index (χ2v) is 6.45. The first-order chi connectivity index (χ1) is 10.6. The van der Waals surface area contributed by atoms with Gasteiger partial charge in [-0.05, 0) is 26.8 Å². The summed E-state index contributed by atoms with van der Waals surface area (Å²) in [5.74, 6) is 1.22. The fourth-order valence-corrected chi connectivity index (χ4v) is 3.69. The number of piperazine rings is 1. The molecule has 22 heavy (non-hydrogen) atoms. The number of amides is 1. The first-order valence-electron chi connectivity index (χ1n) is 8.20. The zero-order chi connectivity index (χ0) is 15.6. The standard InChI is InChI=1S/C15H26N6O/c1-3-21-13(17-12-18-21)10-20-9-8-19(2)15(11-20)5-4-14(22)16-7-6-15/h12H,3-11H2,1-2H3,(H,16,22)/t15-/m1/s1. The summed E-state index contributed by atoms with van der Waals surface area (Å²) in [5.41, 5.74) is 0.106. The molecule has 2 aliphatic heterocycles. The molecule has 0 saturated carbocycles. The fraction of sp³-hybridized carbons (Fsp3) is 0.800. The van der Waals surface area contributed by atoms with Crippen molar-refractivity contribution in [3.05, 3.63) is 12.2 Å². The zero-order valence-electron chi connectivity index (χ0n) is 13.6. The van der Waals surface area contributed by atoms with Gasteiger partial charge in [0.2, 0.25) is 5.91 Å². The van der Waals surface area contributed by atoms with Crippen molar-refractivity contribution in [2.24, 2.45) is 0 Å². The second kappa shape index (κ2) is 6.34. The molecule has 0 aliphatic carbocycles. The molecule has 1 N–H and O–H groups in total. The van der Waals surface area contributed by atoms with Gasteiger partial charge in [-0.1, -0.05) is 0 Å². The van der Waals surface area contributed by atoms with Crippen molar-refractivity contribution in [1.82, 2.24) is 29.9 Å². The summed E-state index contributed by atoms with van der Waals surface area (Å²) in [6.07, 6.45) is 4.22. The number of aromatic nitrogens is 3. The lowest BCUT2D eigenvalue weighted by Crippen LogP contribution is -2.60. The van der Waals surface area contributed by atoms with E-state index in [2.05, 4.69) is 39.2 Å². The third kappa shape index (κ3) is 3.01. The Morgan fingerprint density at radius 3 is 3.05 bits per heavy atom. The molecule has 0 aromatic carbocycles. The first-order valence-corrected chi connectivity index (χ1v) is 8.20. The predicted molar refractivity (Wildman–Crippen MR) is 83.2 cm³/mol. The van der Waals surface area contributed by atoms with Crippen molar-refractivity contribution >= 4 is 5.91 Å². The molecule has 122 valence electrons. The van der Waals surface area contributed by atoms with Crippen molar-refractivity contribution in [1.29, 1.82) is 0 Å². The van der Waals surface area contributed by atoms with Crippen LogP contribution < -0.4 is 5.32 Å². The van der Waals surface area contributed by atoms with Crippen LogP contribution in [-0.4, -0.2) is 69.2 Å². The van der Waals surface area contributed by atoms with Gasteiger partial charge < -0.3 is 5.32 Å². The molecule has 2 saturated heterocycles. The van der Waals surface area contributed by atoms with E-state index < -0.39 is 0 Å². The van der Waals surface area contributed by atoms with Gasteiger partial charge in [-0.2, -0.15) is 5.10 Å². The summed E-state index contributed by atoms with van der Waals surface area (Å²) >= 11 is 0. The smallest absolute Gasteiger partial charge is 0.220 e. The number of hydrogen-bond acceptors (Lipinski definition) is 5. The maximum absolute atomic E-state index is 11.7. The fourth-order valence-electron chi connectivity index (χ4n) is 3.69. The molecule has 1 amide bonds. The van der Waals surface area contributed by atoms with Crippen molar-refractivity contribution in [3.63, 3.8) is 0 Å². The van der Waals surface area contributed by atoms with E-state index in [1.807, 2.05) is 4.68 Å². The molecule has 0 radical (unpaired) electrons. The highest BCUT2D eigenvalue weighted by Gasteiger charge is 2.40. The molecule has 1 atom stereocenters. The Kier molecular flexibility index (Phi) is 4.44. The molecular weight excluding hydrogens is 280 g/mol. The van der Waals surface area contributed by atoms with E-state index in [0.717, 1.165) is 57.9 Å². The molecular formula is C15H26N6O. The number of aryl methyl sites for hydroxylation is 1. The van der Waals surface area contributed by atoms with Crippen LogP contribution in [0.25, 0.3) is 0 Å². The third-order valence-corrected chi connectivity index (χ3v) is 5.17. The van der Waals surface area contributed by atoms with Gasteiger partial charge >= 0.3 is 0 Å². The minimum Gasteiger partial charge on any atom is -0.356 e. The van der Waals surface area contributed by atoms with E-state index in [0.29, 0.717) is 6.42 Å². The number of rotatable bonds is 3. The van der Waals surface area contributed by atoms with Crippen LogP contribution in [-0.2, 0) is 17.9 Å². The van der Waals surface area contributed by atoms with Crippen LogP contribution in [0.2, 0.25) is 0 Å². The number of likely N-dealkylation sites (N-methyl/N-ethyl adjacent to an activating group) is 1. The van der Waals surface area contributed by atoms with Gasteiger partial charge in [0, 0.05) is 44.7 Å². The number of carbonyl (C=O) groups excluding carboxylic acids is 1. The van der Waals surface area contributed by atoms with Crippen LogP contribution in [0.1, 0.15) is 32.0 Å². The van der Waals surface area contributed by atoms with E-state index in [9.17, 15) is 4.79 Å². The molecule has 1 spiro atoms. The van der Waals surface area contributed by atoms with E-state index in [-0.39, 0.29) is 11.4 Å². The van der Waals surface area contributed by atoms with Gasteiger partial charge in [-0.25, -0.2) is 9.67 Å². The zero-order valence-corrected chi connectivity index (χ0v) is 13.6. The Labute approximate surface area is 131 Å². The Hall–Kier alpha value is -1.47. The number of carbonyl (C=O) groups is 1. The molecule has 0 bridgehead atoms. The molecule has 3 rings (SSSR count).